The summed E-state index contributed by atoms with van der Waals surface area (Å²) in [5, 5.41) is 2.94. The quantitative estimate of drug-likeness (QED) is 0.643. The molecule has 30 heavy (non-hydrogen) atoms. The number of amides is 2. The Bertz CT molecular complexity index is 865. The molecular weight excluding hydrogens is 380 g/mol. The highest BCUT2D eigenvalue weighted by Crippen LogP contribution is 2.18. The third kappa shape index (κ3) is 5.92. The van der Waals surface area contributed by atoms with E-state index < -0.39 is 5.97 Å². The minimum absolute atomic E-state index is 0.102. The second-order valence-electron chi connectivity index (χ2n) is 7.51. The average Bonchev–Trinajstić information content (AvgIpc) is 3.17. The largest absolute Gasteiger partial charge is 0.452 e. The second-order valence-corrected chi connectivity index (χ2v) is 7.51. The summed E-state index contributed by atoms with van der Waals surface area (Å²) in [5.74, 6) is -0.697. The molecule has 3 rings (SSSR count). The lowest BCUT2D eigenvalue weighted by Crippen LogP contribution is -2.32. The molecule has 1 N–H and O–H groups in total. The van der Waals surface area contributed by atoms with Gasteiger partial charge < -0.3 is 15.0 Å². The molecule has 1 aliphatic rings. The highest BCUT2D eigenvalue weighted by molar-refractivity contribution is 5.91. The second kappa shape index (κ2) is 10.6. The zero-order chi connectivity index (χ0) is 21.3. The number of carbonyl (C=O) groups excluding carboxylic acids is 3. The predicted octanol–water partition coefficient (Wildman–Crippen LogP) is 3.62. The van der Waals surface area contributed by atoms with E-state index in [-0.39, 0.29) is 24.5 Å². The van der Waals surface area contributed by atoms with Crippen LogP contribution in [0.2, 0.25) is 0 Å². The van der Waals surface area contributed by atoms with Crippen molar-refractivity contribution in [1.29, 1.82) is 0 Å². The number of carbonyl (C=O) groups is 3. The Balaban J connectivity index is 1.49. The Kier molecular flexibility index (Phi) is 7.60. The van der Waals surface area contributed by atoms with Gasteiger partial charge in [-0.1, -0.05) is 55.8 Å². The molecule has 1 heterocycles. The summed E-state index contributed by atoms with van der Waals surface area (Å²) in [6.45, 7) is 3.07. The van der Waals surface area contributed by atoms with Gasteiger partial charge in [0.05, 0.1) is 11.6 Å². The van der Waals surface area contributed by atoms with E-state index in [9.17, 15) is 14.4 Å². The van der Waals surface area contributed by atoms with Gasteiger partial charge in [-0.05, 0) is 36.1 Å². The lowest BCUT2D eigenvalue weighted by atomic mass is 10.0. The van der Waals surface area contributed by atoms with Gasteiger partial charge in [-0.15, -0.1) is 0 Å². The summed E-state index contributed by atoms with van der Waals surface area (Å²) in [6, 6.07) is 16.6. The van der Waals surface area contributed by atoms with Gasteiger partial charge in [-0.3, -0.25) is 9.59 Å². The van der Waals surface area contributed by atoms with Crippen LogP contribution in [0.4, 0.5) is 0 Å². The van der Waals surface area contributed by atoms with Gasteiger partial charge in [0.25, 0.3) is 5.91 Å². The normalized spacial score (nSPS) is 14.4. The fourth-order valence-corrected chi connectivity index (χ4v) is 3.58. The standard InChI is InChI=1S/C24H28N2O4/c1-2-7-21(19-8-4-3-5-9-19)25-22(27)17-30-24(29)20-13-11-18(12-14-20)16-26-15-6-10-23(26)28/h3-5,8-9,11-14,21H,2,6-7,10,15-17H2,1H3,(H,25,27)/t21-/m1/s1. The maximum Gasteiger partial charge on any atom is 0.338 e. The molecule has 0 bridgehead atoms. The van der Waals surface area contributed by atoms with E-state index in [1.165, 1.54) is 0 Å². The van der Waals surface area contributed by atoms with Gasteiger partial charge in [-0.2, -0.15) is 0 Å². The van der Waals surface area contributed by atoms with Crippen molar-refractivity contribution in [3.63, 3.8) is 0 Å². The number of ether oxygens (including phenoxy) is 1. The molecule has 6 heteroatoms. The topological polar surface area (TPSA) is 75.7 Å². The number of hydrogen-bond donors (Lipinski definition) is 1. The lowest BCUT2D eigenvalue weighted by Gasteiger charge is -2.18. The third-order valence-electron chi connectivity index (χ3n) is 5.18. The van der Waals surface area contributed by atoms with Crippen LogP contribution in [-0.2, 0) is 20.9 Å². The van der Waals surface area contributed by atoms with Crippen molar-refractivity contribution >= 4 is 17.8 Å². The minimum Gasteiger partial charge on any atom is -0.452 e. The smallest absolute Gasteiger partial charge is 0.338 e. The average molecular weight is 408 g/mol. The molecule has 0 radical (unpaired) electrons. The molecular formula is C24H28N2O4. The first kappa shape index (κ1) is 21.6. The molecule has 1 fully saturated rings. The Morgan fingerprint density at radius 2 is 1.83 bits per heavy atom. The predicted molar refractivity (Wildman–Crippen MR) is 114 cm³/mol. The van der Waals surface area contributed by atoms with Crippen molar-refractivity contribution in [2.24, 2.45) is 0 Å². The summed E-state index contributed by atoms with van der Waals surface area (Å²) in [6.07, 6.45) is 3.24. The van der Waals surface area contributed by atoms with Crippen molar-refractivity contribution < 1.29 is 19.1 Å². The van der Waals surface area contributed by atoms with E-state index in [1.54, 1.807) is 12.1 Å². The fraction of sp³-hybridized carbons (Fsp3) is 0.375. The number of nitrogens with one attached hydrogen (secondary N) is 1. The lowest BCUT2D eigenvalue weighted by molar-refractivity contribution is -0.128. The number of benzene rings is 2. The summed E-state index contributed by atoms with van der Waals surface area (Å²) in [7, 11) is 0. The van der Waals surface area contributed by atoms with Crippen LogP contribution in [0.15, 0.2) is 54.6 Å². The van der Waals surface area contributed by atoms with Crippen LogP contribution in [0.5, 0.6) is 0 Å². The first-order valence-corrected chi connectivity index (χ1v) is 10.4. The molecule has 0 spiro atoms. The summed E-state index contributed by atoms with van der Waals surface area (Å²) < 4.78 is 5.18. The molecule has 158 valence electrons. The van der Waals surface area contributed by atoms with Crippen LogP contribution in [0.25, 0.3) is 0 Å². The van der Waals surface area contributed by atoms with Crippen LogP contribution in [0.1, 0.15) is 60.1 Å². The van der Waals surface area contributed by atoms with E-state index in [0.717, 1.165) is 36.9 Å². The van der Waals surface area contributed by atoms with Gasteiger partial charge >= 0.3 is 5.97 Å². The van der Waals surface area contributed by atoms with E-state index in [0.29, 0.717) is 18.5 Å². The number of esters is 1. The highest BCUT2D eigenvalue weighted by Gasteiger charge is 2.20. The van der Waals surface area contributed by atoms with Crippen LogP contribution >= 0.6 is 0 Å². The van der Waals surface area contributed by atoms with Crippen molar-refractivity contribution in [1.82, 2.24) is 10.2 Å². The Hall–Kier alpha value is -3.15. The first-order valence-electron chi connectivity index (χ1n) is 10.4. The van der Waals surface area contributed by atoms with Crippen molar-refractivity contribution in [3.8, 4) is 0 Å². The van der Waals surface area contributed by atoms with Crippen molar-refractivity contribution in [3.05, 3.63) is 71.3 Å². The summed E-state index contributed by atoms with van der Waals surface area (Å²) >= 11 is 0. The number of nitrogens with zero attached hydrogens (tertiary/aromatic N) is 1. The van der Waals surface area contributed by atoms with Gasteiger partial charge in [0.1, 0.15) is 0 Å². The highest BCUT2D eigenvalue weighted by atomic mass is 16.5. The maximum atomic E-state index is 12.3. The number of rotatable bonds is 9. The van der Waals surface area contributed by atoms with Gasteiger partial charge in [0.2, 0.25) is 5.91 Å². The maximum absolute atomic E-state index is 12.3. The van der Waals surface area contributed by atoms with E-state index in [2.05, 4.69) is 12.2 Å². The van der Waals surface area contributed by atoms with Crippen molar-refractivity contribution in [2.45, 2.75) is 45.2 Å². The zero-order valence-electron chi connectivity index (χ0n) is 17.3. The molecule has 1 saturated heterocycles. The first-order chi connectivity index (χ1) is 14.6. The number of likely N-dealkylation sites (tertiary alicyclic amines) is 1. The third-order valence-corrected chi connectivity index (χ3v) is 5.18. The van der Waals surface area contributed by atoms with Gasteiger partial charge in [-0.25, -0.2) is 4.79 Å². The van der Waals surface area contributed by atoms with Crippen LogP contribution in [0.3, 0.4) is 0 Å². The molecule has 0 aromatic heterocycles. The van der Waals surface area contributed by atoms with Gasteiger partial charge in [0.15, 0.2) is 6.61 Å². The monoisotopic (exact) mass is 408 g/mol. The van der Waals surface area contributed by atoms with Crippen molar-refractivity contribution in [2.75, 3.05) is 13.2 Å². The Labute approximate surface area is 177 Å². The van der Waals surface area contributed by atoms with Crippen LogP contribution in [-0.4, -0.2) is 35.8 Å². The van der Waals surface area contributed by atoms with E-state index >= 15 is 0 Å². The van der Waals surface area contributed by atoms with Gasteiger partial charge in [0, 0.05) is 19.5 Å². The molecule has 1 atom stereocenters. The summed E-state index contributed by atoms with van der Waals surface area (Å²) in [4.78, 5) is 38.1. The molecule has 2 amide bonds. The molecule has 6 nitrogen and oxygen atoms in total. The molecule has 0 unspecified atom stereocenters. The van der Waals surface area contributed by atoms with E-state index in [4.69, 9.17) is 4.74 Å². The minimum atomic E-state index is -0.541. The Morgan fingerprint density at radius 3 is 2.47 bits per heavy atom. The Morgan fingerprint density at radius 1 is 1.10 bits per heavy atom. The van der Waals surface area contributed by atoms with Crippen LogP contribution < -0.4 is 5.32 Å². The molecule has 2 aromatic carbocycles. The molecule has 0 aliphatic carbocycles. The molecule has 0 saturated carbocycles. The SMILES string of the molecule is CCC[C@@H](NC(=O)COC(=O)c1ccc(CN2CCCC2=O)cc1)c1ccccc1. The zero-order valence-corrected chi connectivity index (χ0v) is 17.3. The number of hydrogen-bond acceptors (Lipinski definition) is 4. The van der Waals surface area contributed by atoms with E-state index in [1.807, 2.05) is 47.4 Å². The van der Waals surface area contributed by atoms with Crippen LogP contribution in [0, 0.1) is 0 Å². The fourth-order valence-electron chi connectivity index (χ4n) is 3.58. The summed E-state index contributed by atoms with van der Waals surface area (Å²) in [5.41, 5.74) is 2.38. The molecule has 2 aromatic rings. The molecule has 1 aliphatic heterocycles.